The van der Waals surface area contributed by atoms with Crippen LogP contribution in [0.15, 0.2) is 70.1 Å². The molecule has 0 aliphatic carbocycles. The third kappa shape index (κ3) is 4.65. The van der Waals surface area contributed by atoms with Gasteiger partial charge in [0.25, 0.3) is 11.8 Å². The lowest BCUT2D eigenvalue weighted by atomic mass is 10.1. The summed E-state index contributed by atoms with van der Waals surface area (Å²) in [5.74, 6) is 0.515. The fourth-order valence-electron chi connectivity index (χ4n) is 3.14. The van der Waals surface area contributed by atoms with Crippen molar-refractivity contribution in [3.8, 4) is 0 Å². The van der Waals surface area contributed by atoms with E-state index in [1.165, 1.54) is 17.2 Å². The Morgan fingerprint density at radius 3 is 2.80 bits per heavy atom. The fourth-order valence-corrected chi connectivity index (χ4v) is 3.14. The standard InChI is InChI=1S/C22H24N4O4/c1-5-11-23-20-15(3)29-14(2)19(22(28)26(20)4)24-21(27)18-13-17(30-25-18)12-16-9-7-6-8-10-16/h5-11,13-14,19H,1,12H2,2-4H3,(H,24,27)/b23-11-/t14-,19+/m1/s1. The predicted octanol–water partition coefficient (Wildman–Crippen LogP) is 2.69. The molecule has 0 bridgehead atoms. The summed E-state index contributed by atoms with van der Waals surface area (Å²) in [7, 11) is 1.58. The van der Waals surface area contributed by atoms with Crippen LogP contribution >= 0.6 is 0 Å². The third-order valence-electron chi connectivity index (χ3n) is 4.66. The van der Waals surface area contributed by atoms with Crippen molar-refractivity contribution >= 4 is 18.0 Å². The largest absolute Gasteiger partial charge is 0.489 e. The number of rotatable bonds is 6. The molecule has 1 aromatic heterocycles. The van der Waals surface area contributed by atoms with Crippen LogP contribution in [0.2, 0.25) is 0 Å². The van der Waals surface area contributed by atoms with Gasteiger partial charge < -0.3 is 14.6 Å². The Morgan fingerprint density at radius 2 is 2.10 bits per heavy atom. The highest BCUT2D eigenvalue weighted by Crippen LogP contribution is 2.21. The molecule has 1 N–H and O–H groups in total. The SMILES string of the molecule is C=C/C=N\C1=C(C)O[C@H](C)[C@H](NC(=O)c2cc(Cc3ccccc3)on2)C(=O)N1C. The first-order chi connectivity index (χ1) is 14.4. The molecule has 8 heteroatoms. The molecule has 0 unspecified atom stereocenters. The molecule has 2 atom stereocenters. The van der Waals surface area contributed by atoms with Crippen LogP contribution < -0.4 is 5.32 Å². The minimum Gasteiger partial charge on any atom is -0.489 e. The molecule has 0 spiro atoms. The Morgan fingerprint density at radius 1 is 1.37 bits per heavy atom. The number of likely N-dealkylation sites (N-methyl/N-ethyl adjacent to an activating group) is 1. The van der Waals surface area contributed by atoms with Crippen LogP contribution in [0.1, 0.15) is 35.7 Å². The summed E-state index contributed by atoms with van der Waals surface area (Å²) in [6.07, 6.45) is 2.89. The maximum absolute atomic E-state index is 12.9. The molecule has 1 aliphatic heterocycles. The number of aliphatic imine (C=N–C) groups is 1. The molecule has 2 amide bonds. The van der Waals surface area contributed by atoms with E-state index in [1.807, 2.05) is 30.3 Å². The van der Waals surface area contributed by atoms with E-state index in [2.05, 4.69) is 22.0 Å². The Balaban J connectivity index is 1.73. The zero-order valence-electron chi connectivity index (χ0n) is 17.2. The van der Waals surface area contributed by atoms with Crippen molar-refractivity contribution in [1.29, 1.82) is 0 Å². The van der Waals surface area contributed by atoms with Crippen molar-refractivity contribution in [3.63, 3.8) is 0 Å². The fraction of sp³-hybridized carbons (Fsp3) is 0.273. The van der Waals surface area contributed by atoms with E-state index < -0.39 is 18.1 Å². The smallest absolute Gasteiger partial charge is 0.274 e. The van der Waals surface area contributed by atoms with Gasteiger partial charge in [0.15, 0.2) is 11.5 Å². The second-order valence-electron chi connectivity index (χ2n) is 6.91. The second kappa shape index (κ2) is 9.21. The molecule has 156 valence electrons. The molecule has 0 saturated carbocycles. The number of aromatic nitrogens is 1. The average Bonchev–Trinajstić information content (AvgIpc) is 3.18. The normalized spacial score (nSPS) is 19.6. The molecule has 0 saturated heterocycles. The lowest BCUT2D eigenvalue weighted by Gasteiger charge is -2.23. The first kappa shape index (κ1) is 21.0. The van der Waals surface area contributed by atoms with Gasteiger partial charge in [-0.1, -0.05) is 48.1 Å². The Kier molecular flexibility index (Phi) is 6.46. The molecule has 0 radical (unpaired) electrons. The summed E-state index contributed by atoms with van der Waals surface area (Å²) in [5, 5.41) is 6.55. The second-order valence-corrected chi connectivity index (χ2v) is 6.91. The van der Waals surface area contributed by atoms with Crippen LogP contribution in [0.4, 0.5) is 0 Å². The van der Waals surface area contributed by atoms with Gasteiger partial charge in [-0.3, -0.25) is 14.5 Å². The van der Waals surface area contributed by atoms with Crippen LogP contribution in [-0.2, 0) is 16.0 Å². The Hall–Kier alpha value is -3.68. The predicted molar refractivity (Wildman–Crippen MR) is 112 cm³/mol. The van der Waals surface area contributed by atoms with Crippen LogP contribution in [0.5, 0.6) is 0 Å². The van der Waals surface area contributed by atoms with Crippen molar-refractivity contribution in [3.05, 3.63) is 77.7 Å². The number of carbonyl (C=O) groups is 2. The minimum absolute atomic E-state index is 0.0995. The van der Waals surface area contributed by atoms with Crippen molar-refractivity contribution in [1.82, 2.24) is 15.4 Å². The highest BCUT2D eigenvalue weighted by molar-refractivity contribution is 5.96. The molecule has 2 heterocycles. The lowest BCUT2D eigenvalue weighted by molar-refractivity contribution is -0.131. The van der Waals surface area contributed by atoms with Gasteiger partial charge in [-0.15, -0.1) is 0 Å². The Bertz CT molecular complexity index is 994. The highest BCUT2D eigenvalue weighted by atomic mass is 16.5. The number of hydrogen-bond donors (Lipinski definition) is 1. The van der Waals surface area contributed by atoms with Crippen LogP contribution in [0.3, 0.4) is 0 Å². The van der Waals surface area contributed by atoms with E-state index in [0.717, 1.165) is 5.56 Å². The highest BCUT2D eigenvalue weighted by Gasteiger charge is 2.36. The maximum atomic E-state index is 12.9. The molecule has 0 fully saturated rings. The summed E-state index contributed by atoms with van der Waals surface area (Å²) < 4.78 is 11.1. The van der Waals surface area contributed by atoms with Gasteiger partial charge >= 0.3 is 0 Å². The van der Waals surface area contributed by atoms with Gasteiger partial charge in [0.1, 0.15) is 23.7 Å². The van der Waals surface area contributed by atoms with Crippen molar-refractivity contribution in [2.75, 3.05) is 7.05 Å². The number of benzene rings is 1. The monoisotopic (exact) mass is 408 g/mol. The average molecular weight is 408 g/mol. The van der Waals surface area contributed by atoms with E-state index in [1.54, 1.807) is 27.0 Å². The minimum atomic E-state index is -0.914. The topological polar surface area (TPSA) is 97.0 Å². The van der Waals surface area contributed by atoms with Crippen molar-refractivity contribution in [2.24, 2.45) is 4.99 Å². The molecule has 8 nitrogen and oxygen atoms in total. The summed E-state index contributed by atoms with van der Waals surface area (Å²) in [6.45, 7) is 7.01. The van der Waals surface area contributed by atoms with E-state index >= 15 is 0 Å². The first-order valence-electron chi connectivity index (χ1n) is 9.51. The zero-order chi connectivity index (χ0) is 21.7. The summed E-state index contributed by atoms with van der Waals surface area (Å²) in [5.41, 5.74) is 1.14. The quantitative estimate of drug-likeness (QED) is 0.741. The van der Waals surface area contributed by atoms with E-state index in [4.69, 9.17) is 9.26 Å². The number of carbonyl (C=O) groups excluding carboxylic acids is 2. The van der Waals surface area contributed by atoms with E-state index in [9.17, 15) is 9.59 Å². The molecule has 2 aromatic rings. The zero-order valence-corrected chi connectivity index (χ0v) is 17.2. The van der Waals surface area contributed by atoms with Crippen molar-refractivity contribution < 1.29 is 18.8 Å². The lowest BCUT2D eigenvalue weighted by Crippen LogP contribution is -2.51. The molecule has 30 heavy (non-hydrogen) atoms. The van der Waals surface area contributed by atoms with Gasteiger partial charge in [0.05, 0.1) is 0 Å². The van der Waals surface area contributed by atoms with E-state index in [-0.39, 0.29) is 11.6 Å². The number of ether oxygens (including phenoxy) is 1. The Labute approximate surface area is 174 Å². The molecular weight excluding hydrogens is 384 g/mol. The molecule has 1 aromatic carbocycles. The molecular formula is C22H24N4O4. The number of hydrogen-bond acceptors (Lipinski definition) is 6. The third-order valence-corrected chi connectivity index (χ3v) is 4.66. The number of nitrogens with one attached hydrogen (secondary N) is 1. The summed E-state index contributed by atoms with van der Waals surface area (Å²) >= 11 is 0. The summed E-state index contributed by atoms with van der Waals surface area (Å²) in [6, 6.07) is 10.4. The summed E-state index contributed by atoms with van der Waals surface area (Å²) in [4.78, 5) is 31.2. The van der Waals surface area contributed by atoms with Gasteiger partial charge in [0.2, 0.25) is 0 Å². The molecule has 1 aliphatic rings. The van der Waals surface area contributed by atoms with Gasteiger partial charge in [-0.25, -0.2) is 4.99 Å². The number of allylic oxidation sites excluding steroid dienone is 2. The first-order valence-corrected chi connectivity index (χ1v) is 9.51. The van der Waals surface area contributed by atoms with Gasteiger partial charge in [-0.05, 0) is 19.4 Å². The van der Waals surface area contributed by atoms with Crippen LogP contribution in [0, 0.1) is 0 Å². The van der Waals surface area contributed by atoms with Crippen molar-refractivity contribution in [2.45, 2.75) is 32.4 Å². The van der Waals surface area contributed by atoms with Gasteiger partial charge in [0, 0.05) is 25.7 Å². The molecule has 3 rings (SSSR count). The van der Waals surface area contributed by atoms with Gasteiger partial charge in [-0.2, -0.15) is 0 Å². The van der Waals surface area contributed by atoms with Crippen LogP contribution in [0.25, 0.3) is 0 Å². The maximum Gasteiger partial charge on any atom is 0.274 e. The number of nitrogens with zero attached hydrogens (tertiary/aromatic N) is 3. The van der Waals surface area contributed by atoms with Crippen LogP contribution in [-0.4, -0.2) is 47.3 Å². The van der Waals surface area contributed by atoms with E-state index in [0.29, 0.717) is 23.8 Å². The number of amides is 2.